The topological polar surface area (TPSA) is 96.0 Å². The van der Waals surface area contributed by atoms with Crippen molar-refractivity contribution in [1.82, 2.24) is 9.62 Å². The second-order valence-corrected chi connectivity index (χ2v) is 10.1. The van der Waals surface area contributed by atoms with Crippen LogP contribution in [0, 0.1) is 5.92 Å². The normalized spacial score (nSPS) is 23.2. The molecule has 2 amide bonds. The largest absolute Gasteiger partial charge is 0.381 e. The maximum atomic E-state index is 13.2. The second kappa shape index (κ2) is 9.93. The molecule has 2 saturated heterocycles. The number of anilines is 1. The minimum atomic E-state index is -3.67. The van der Waals surface area contributed by atoms with Crippen LogP contribution in [-0.2, 0) is 24.3 Å². The van der Waals surface area contributed by atoms with Crippen molar-refractivity contribution >= 4 is 27.5 Å². The molecule has 2 atom stereocenters. The molecule has 1 aromatic rings. The quantitative estimate of drug-likeness (QED) is 0.670. The molecule has 170 valence electrons. The van der Waals surface area contributed by atoms with Crippen molar-refractivity contribution in [2.24, 2.45) is 5.92 Å². The number of nitrogens with one attached hydrogen (secondary N) is 1. The van der Waals surface area contributed by atoms with Gasteiger partial charge in [0.1, 0.15) is 0 Å². The summed E-state index contributed by atoms with van der Waals surface area (Å²) in [6.07, 6.45) is 3.72. The zero-order chi connectivity index (χ0) is 22.6. The van der Waals surface area contributed by atoms with Crippen molar-refractivity contribution in [3.05, 3.63) is 36.9 Å². The SMILES string of the molecule is C=CC(=O)NC1CCN(S(=O)(=O)c2ccc(N(C)C(=O)C3CCOCC3)cc2)C(C)C1. The van der Waals surface area contributed by atoms with E-state index in [0.29, 0.717) is 51.1 Å². The monoisotopic (exact) mass is 449 g/mol. The van der Waals surface area contributed by atoms with Crippen molar-refractivity contribution in [1.29, 1.82) is 0 Å². The molecule has 0 bridgehead atoms. The van der Waals surface area contributed by atoms with Crippen LogP contribution in [0.15, 0.2) is 41.8 Å². The first-order valence-electron chi connectivity index (χ1n) is 10.6. The fourth-order valence-electron chi connectivity index (χ4n) is 4.22. The van der Waals surface area contributed by atoms with E-state index in [1.807, 2.05) is 6.92 Å². The predicted octanol–water partition coefficient (Wildman–Crippen LogP) is 1.92. The van der Waals surface area contributed by atoms with Gasteiger partial charge in [-0.15, -0.1) is 0 Å². The lowest BCUT2D eigenvalue weighted by molar-refractivity contribution is -0.124. The lowest BCUT2D eigenvalue weighted by Crippen LogP contribution is -2.50. The summed E-state index contributed by atoms with van der Waals surface area (Å²) in [5.41, 5.74) is 0.661. The molecule has 0 aromatic heterocycles. The first-order chi connectivity index (χ1) is 14.7. The van der Waals surface area contributed by atoms with Gasteiger partial charge in [0.15, 0.2) is 0 Å². The minimum absolute atomic E-state index is 0.0242. The van der Waals surface area contributed by atoms with Gasteiger partial charge in [-0.2, -0.15) is 4.31 Å². The average Bonchev–Trinajstić information content (AvgIpc) is 2.78. The molecule has 2 fully saturated rings. The van der Waals surface area contributed by atoms with Crippen LogP contribution in [0.5, 0.6) is 0 Å². The Morgan fingerprint density at radius 1 is 1.19 bits per heavy atom. The lowest BCUT2D eigenvalue weighted by atomic mass is 9.98. The van der Waals surface area contributed by atoms with Crippen molar-refractivity contribution in [2.75, 3.05) is 31.7 Å². The predicted molar refractivity (Wildman–Crippen MR) is 118 cm³/mol. The molecule has 2 unspecified atom stereocenters. The van der Waals surface area contributed by atoms with E-state index < -0.39 is 10.0 Å². The zero-order valence-corrected chi connectivity index (χ0v) is 18.9. The highest BCUT2D eigenvalue weighted by atomic mass is 32.2. The van der Waals surface area contributed by atoms with Crippen LogP contribution in [0.3, 0.4) is 0 Å². The van der Waals surface area contributed by atoms with Gasteiger partial charge in [-0.1, -0.05) is 6.58 Å². The molecule has 8 nitrogen and oxygen atoms in total. The van der Waals surface area contributed by atoms with E-state index in [1.54, 1.807) is 36.2 Å². The fourth-order valence-corrected chi connectivity index (χ4v) is 5.88. The Kier molecular flexibility index (Phi) is 7.51. The number of hydrogen-bond acceptors (Lipinski definition) is 5. The highest BCUT2D eigenvalue weighted by molar-refractivity contribution is 7.89. The van der Waals surface area contributed by atoms with E-state index in [-0.39, 0.29) is 34.7 Å². The number of carbonyl (C=O) groups excluding carboxylic acids is 2. The Morgan fingerprint density at radius 3 is 2.42 bits per heavy atom. The molecule has 31 heavy (non-hydrogen) atoms. The van der Waals surface area contributed by atoms with E-state index in [0.717, 1.165) is 0 Å². The number of amides is 2. The molecule has 3 rings (SSSR count). The Hall–Kier alpha value is -2.23. The van der Waals surface area contributed by atoms with Crippen LogP contribution in [0.1, 0.15) is 32.6 Å². The van der Waals surface area contributed by atoms with Crippen molar-refractivity contribution < 1.29 is 22.7 Å². The number of hydrogen-bond donors (Lipinski definition) is 1. The van der Waals surface area contributed by atoms with Gasteiger partial charge in [-0.25, -0.2) is 8.42 Å². The Labute approximate surface area is 184 Å². The van der Waals surface area contributed by atoms with E-state index in [9.17, 15) is 18.0 Å². The molecule has 9 heteroatoms. The van der Waals surface area contributed by atoms with Crippen LogP contribution in [0.4, 0.5) is 5.69 Å². The summed E-state index contributed by atoms with van der Waals surface area (Å²) in [5, 5.41) is 2.84. The summed E-state index contributed by atoms with van der Waals surface area (Å²) >= 11 is 0. The van der Waals surface area contributed by atoms with Crippen molar-refractivity contribution in [3.63, 3.8) is 0 Å². The van der Waals surface area contributed by atoms with Gasteiger partial charge in [-0.3, -0.25) is 9.59 Å². The maximum Gasteiger partial charge on any atom is 0.243 e. The summed E-state index contributed by atoms with van der Waals surface area (Å²) in [6, 6.07) is 6.14. The van der Waals surface area contributed by atoms with Crippen molar-refractivity contribution in [2.45, 2.75) is 49.6 Å². The zero-order valence-electron chi connectivity index (χ0n) is 18.1. The highest BCUT2D eigenvalue weighted by Crippen LogP contribution is 2.28. The lowest BCUT2D eigenvalue weighted by Gasteiger charge is -2.36. The van der Waals surface area contributed by atoms with Gasteiger partial charge in [-0.05, 0) is 62.9 Å². The Balaban J connectivity index is 1.67. The standard InChI is InChI=1S/C22H31N3O5S/c1-4-21(26)23-18-9-12-25(16(2)15-18)31(28,29)20-7-5-19(6-8-20)24(3)22(27)17-10-13-30-14-11-17/h4-8,16-18H,1,9-15H2,2-3H3,(H,23,26). The molecule has 0 aliphatic carbocycles. The molecule has 2 heterocycles. The number of carbonyl (C=O) groups is 2. The van der Waals surface area contributed by atoms with Gasteiger partial charge in [0.2, 0.25) is 21.8 Å². The van der Waals surface area contributed by atoms with E-state index in [2.05, 4.69) is 11.9 Å². The number of benzene rings is 1. The van der Waals surface area contributed by atoms with Crippen LogP contribution in [-0.4, -0.2) is 63.4 Å². The number of ether oxygens (including phenoxy) is 1. The smallest absolute Gasteiger partial charge is 0.243 e. The molecule has 2 aliphatic heterocycles. The number of rotatable bonds is 6. The molecule has 0 spiro atoms. The third kappa shape index (κ3) is 5.34. The van der Waals surface area contributed by atoms with Crippen LogP contribution in [0.2, 0.25) is 0 Å². The molecule has 2 aliphatic rings. The second-order valence-electron chi connectivity index (χ2n) is 8.18. The molecular weight excluding hydrogens is 418 g/mol. The summed E-state index contributed by atoms with van der Waals surface area (Å²) in [5.74, 6) is -0.287. The Bertz CT molecular complexity index is 910. The molecular formula is C22H31N3O5S. The van der Waals surface area contributed by atoms with E-state index in [1.165, 1.54) is 10.4 Å². The van der Waals surface area contributed by atoms with Crippen molar-refractivity contribution in [3.8, 4) is 0 Å². The maximum absolute atomic E-state index is 13.2. The molecule has 1 aromatic carbocycles. The first kappa shape index (κ1) is 23.4. The Morgan fingerprint density at radius 2 is 1.84 bits per heavy atom. The summed E-state index contributed by atoms with van der Waals surface area (Å²) < 4.78 is 33.1. The molecule has 0 saturated carbocycles. The van der Waals surface area contributed by atoms with E-state index >= 15 is 0 Å². The van der Waals surface area contributed by atoms with Crippen LogP contribution >= 0.6 is 0 Å². The highest BCUT2D eigenvalue weighted by Gasteiger charge is 2.35. The first-order valence-corrected chi connectivity index (χ1v) is 12.1. The third-order valence-corrected chi connectivity index (χ3v) is 8.11. The minimum Gasteiger partial charge on any atom is -0.381 e. The summed E-state index contributed by atoms with van der Waals surface area (Å²) in [6.45, 7) is 6.80. The number of sulfonamides is 1. The van der Waals surface area contributed by atoms with E-state index in [4.69, 9.17) is 4.74 Å². The molecule has 0 radical (unpaired) electrons. The average molecular weight is 450 g/mol. The van der Waals surface area contributed by atoms with Gasteiger partial charge < -0.3 is 15.0 Å². The fraction of sp³-hybridized carbons (Fsp3) is 0.545. The number of piperidine rings is 1. The van der Waals surface area contributed by atoms with Crippen LogP contribution in [0.25, 0.3) is 0 Å². The number of nitrogens with zero attached hydrogens (tertiary/aromatic N) is 2. The molecule has 1 N–H and O–H groups in total. The third-order valence-electron chi connectivity index (χ3n) is 6.08. The summed E-state index contributed by atoms with van der Waals surface area (Å²) in [4.78, 5) is 26.0. The van der Waals surface area contributed by atoms with Gasteiger partial charge >= 0.3 is 0 Å². The van der Waals surface area contributed by atoms with Gasteiger partial charge in [0, 0.05) is 50.5 Å². The van der Waals surface area contributed by atoms with Crippen LogP contribution < -0.4 is 10.2 Å². The van der Waals surface area contributed by atoms with Gasteiger partial charge in [0.25, 0.3) is 0 Å². The van der Waals surface area contributed by atoms with Gasteiger partial charge in [0.05, 0.1) is 4.90 Å². The summed E-state index contributed by atoms with van der Waals surface area (Å²) in [7, 11) is -1.96.